The lowest BCUT2D eigenvalue weighted by Crippen LogP contribution is -3.00. The summed E-state index contributed by atoms with van der Waals surface area (Å²) < 4.78 is 0. The zero-order chi connectivity index (χ0) is 13.4. The van der Waals surface area contributed by atoms with Gasteiger partial charge in [-0.05, 0) is 85.3 Å². The van der Waals surface area contributed by atoms with Gasteiger partial charge in [-0.2, -0.15) is 0 Å². The Morgan fingerprint density at radius 3 is 1.00 bits per heavy atom. The summed E-state index contributed by atoms with van der Waals surface area (Å²) >= 11 is 0. The monoisotopic (exact) mass is 275 g/mol. The predicted octanol–water partition coefficient (Wildman–Crippen LogP) is 0.756. The van der Waals surface area contributed by atoms with Crippen LogP contribution in [0, 0.1) is 27.7 Å². The van der Waals surface area contributed by atoms with Crippen molar-refractivity contribution in [1.29, 1.82) is 0 Å². The molecule has 0 atom stereocenters. The van der Waals surface area contributed by atoms with Gasteiger partial charge in [-0.25, -0.2) is 0 Å². The lowest BCUT2D eigenvalue weighted by molar-refractivity contribution is -0.00000394. The topological polar surface area (TPSA) is 52.0 Å². The Kier molecular flexibility index (Phi) is 4.48. The lowest BCUT2D eigenvalue weighted by Gasteiger charge is -2.12. The number of halogens is 1. The first-order valence-corrected chi connectivity index (χ1v) is 6.14. The molecule has 0 unspecified atom stereocenters. The van der Waals surface area contributed by atoms with Crippen molar-refractivity contribution >= 4 is 11.4 Å². The van der Waals surface area contributed by atoms with Gasteiger partial charge >= 0.3 is 0 Å². The molecule has 0 aliphatic rings. The van der Waals surface area contributed by atoms with Crippen LogP contribution >= 0.6 is 0 Å². The average Bonchev–Trinajstić information content (AvgIpc) is 2.31. The molecule has 0 bridgehead atoms. The van der Waals surface area contributed by atoms with Crippen LogP contribution in [0.2, 0.25) is 0 Å². The van der Waals surface area contributed by atoms with Crippen molar-refractivity contribution in [2.75, 3.05) is 11.5 Å². The van der Waals surface area contributed by atoms with Crippen molar-refractivity contribution in [2.24, 2.45) is 0 Å². The first kappa shape index (κ1) is 15.4. The second-order valence-corrected chi connectivity index (χ2v) is 5.05. The van der Waals surface area contributed by atoms with Crippen LogP contribution in [0.3, 0.4) is 0 Å². The van der Waals surface area contributed by atoms with Crippen LogP contribution in [-0.2, 0) is 0 Å². The highest BCUT2D eigenvalue weighted by Crippen LogP contribution is 2.30. The number of nitrogen functional groups attached to an aromatic ring is 2. The zero-order valence-electron chi connectivity index (χ0n) is 11.8. The minimum absolute atomic E-state index is 0. The van der Waals surface area contributed by atoms with E-state index in [1.165, 1.54) is 11.1 Å². The van der Waals surface area contributed by atoms with E-state index in [2.05, 4.69) is 24.3 Å². The molecule has 2 aromatic rings. The van der Waals surface area contributed by atoms with E-state index < -0.39 is 0 Å². The summed E-state index contributed by atoms with van der Waals surface area (Å²) in [5, 5.41) is 0. The minimum Gasteiger partial charge on any atom is -1.00 e. The van der Waals surface area contributed by atoms with Crippen molar-refractivity contribution < 1.29 is 12.4 Å². The standard InChI is InChI=1S/C16H20N2.ClH/c1-9-5-13(6-10(2)15(9)17)14-7-11(3)16(18)12(4)8-14;/h5-8H,17-18H2,1-4H3;1H/p-1. The Morgan fingerprint density at radius 1 is 0.579 bits per heavy atom. The molecule has 0 aliphatic carbocycles. The highest BCUT2D eigenvalue weighted by molar-refractivity contribution is 5.73. The Bertz CT molecular complexity index is 517. The van der Waals surface area contributed by atoms with Crippen LogP contribution < -0.4 is 23.9 Å². The van der Waals surface area contributed by atoms with Gasteiger partial charge in [0.25, 0.3) is 0 Å². The molecule has 0 amide bonds. The fourth-order valence-corrected chi connectivity index (χ4v) is 2.28. The molecule has 102 valence electrons. The van der Waals surface area contributed by atoms with Crippen molar-refractivity contribution in [2.45, 2.75) is 27.7 Å². The fraction of sp³-hybridized carbons (Fsp3) is 0.250. The first-order valence-electron chi connectivity index (χ1n) is 6.14. The smallest absolute Gasteiger partial charge is 0.0373 e. The van der Waals surface area contributed by atoms with E-state index >= 15 is 0 Å². The Balaban J connectivity index is 0.00000180. The molecule has 0 saturated carbocycles. The minimum atomic E-state index is 0. The summed E-state index contributed by atoms with van der Waals surface area (Å²) in [7, 11) is 0. The third-order valence-corrected chi connectivity index (χ3v) is 3.52. The van der Waals surface area contributed by atoms with Crippen molar-refractivity contribution in [3.63, 3.8) is 0 Å². The third-order valence-electron chi connectivity index (χ3n) is 3.52. The van der Waals surface area contributed by atoms with Gasteiger partial charge in [0.1, 0.15) is 0 Å². The number of nitrogens with two attached hydrogens (primary N) is 2. The highest BCUT2D eigenvalue weighted by atomic mass is 35.5. The largest absolute Gasteiger partial charge is 1.00 e. The van der Waals surface area contributed by atoms with Crippen LogP contribution in [0.25, 0.3) is 11.1 Å². The third kappa shape index (κ3) is 2.85. The summed E-state index contributed by atoms with van der Waals surface area (Å²) in [5.74, 6) is 0. The molecule has 0 fully saturated rings. The van der Waals surface area contributed by atoms with E-state index in [9.17, 15) is 0 Å². The molecule has 2 nitrogen and oxygen atoms in total. The fourth-order valence-electron chi connectivity index (χ4n) is 2.28. The number of benzene rings is 2. The second kappa shape index (κ2) is 5.54. The van der Waals surface area contributed by atoms with Crippen LogP contribution in [-0.4, -0.2) is 0 Å². The molecule has 0 radical (unpaired) electrons. The van der Waals surface area contributed by atoms with Crippen molar-refractivity contribution in [3.05, 3.63) is 46.5 Å². The van der Waals surface area contributed by atoms with Gasteiger partial charge in [0, 0.05) is 11.4 Å². The molecular formula is C16H20ClN2-. The van der Waals surface area contributed by atoms with Gasteiger partial charge in [0.15, 0.2) is 0 Å². The molecular weight excluding hydrogens is 256 g/mol. The van der Waals surface area contributed by atoms with E-state index in [4.69, 9.17) is 11.5 Å². The zero-order valence-corrected chi connectivity index (χ0v) is 12.6. The number of hydrogen-bond donors (Lipinski definition) is 2. The van der Waals surface area contributed by atoms with Gasteiger partial charge < -0.3 is 23.9 Å². The number of aryl methyl sites for hydroxylation is 4. The van der Waals surface area contributed by atoms with Gasteiger partial charge in [0.05, 0.1) is 0 Å². The van der Waals surface area contributed by atoms with Crippen LogP contribution in [0.5, 0.6) is 0 Å². The van der Waals surface area contributed by atoms with Gasteiger partial charge in [-0.15, -0.1) is 0 Å². The summed E-state index contributed by atoms with van der Waals surface area (Å²) in [5.41, 5.74) is 20.6. The Hall–Kier alpha value is -1.67. The van der Waals surface area contributed by atoms with E-state index in [0.717, 1.165) is 33.6 Å². The lowest BCUT2D eigenvalue weighted by atomic mass is 9.95. The summed E-state index contributed by atoms with van der Waals surface area (Å²) in [4.78, 5) is 0. The maximum absolute atomic E-state index is 5.99. The average molecular weight is 276 g/mol. The van der Waals surface area contributed by atoms with Gasteiger partial charge in [-0.3, -0.25) is 0 Å². The number of hydrogen-bond acceptors (Lipinski definition) is 2. The van der Waals surface area contributed by atoms with E-state index in [1.807, 2.05) is 27.7 Å². The van der Waals surface area contributed by atoms with Crippen LogP contribution in [0.4, 0.5) is 11.4 Å². The van der Waals surface area contributed by atoms with Crippen LogP contribution in [0.15, 0.2) is 24.3 Å². The summed E-state index contributed by atoms with van der Waals surface area (Å²) in [6, 6.07) is 8.53. The van der Waals surface area contributed by atoms with Crippen molar-refractivity contribution in [1.82, 2.24) is 0 Å². The quantitative estimate of drug-likeness (QED) is 0.755. The molecule has 0 heterocycles. The summed E-state index contributed by atoms with van der Waals surface area (Å²) in [6.45, 7) is 8.18. The van der Waals surface area contributed by atoms with Crippen LogP contribution in [0.1, 0.15) is 22.3 Å². The maximum Gasteiger partial charge on any atom is 0.0373 e. The number of anilines is 2. The predicted molar refractivity (Wildman–Crippen MR) is 79.7 cm³/mol. The molecule has 4 N–H and O–H groups in total. The van der Waals surface area contributed by atoms with Gasteiger partial charge in [-0.1, -0.05) is 0 Å². The molecule has 3 heteroatoms. The molecule has 0 spiro atoms. The highest BCUT2D eigenvalue weighted by Gasteiger charge is 2.07. The SMILES string of the molecule is Cc1cc(-c2cc(C)c(N)c(C)c2)cc(C)c1N.[Cl-]. The molecule has 0 saturated heterocycles. The molecule has 2 aromatic carbocycles. The molecule has 19 heavy (non-hydrogen) atoms. The molecule has 2 rings (SSSR count). The normalized spacial score (nSPS) is 10.1. The first-order chi connectivity index (χ1) is 8.40. The number of rotatable bonds is 1. The van der Waals surface area contributed by atoms with Gasteiger partial charge in [0.2, 0.25) is 0 Å². The Labute approximate surface area is 121 Å². The second-order valence-electron chi connectivity index (χ2n) is 5.05. The Morgan fingerprint density at radius 2 is 0.789 bits per heavy atom. The molecule has 0 aliphatic heterocycles. The van der Waals surface area contributed by atoms with E-state index in [1.54, 1.807) is 0 Å². The van der Waals surface area contributed by atoms with E-state index in [0.29, 0.717) is 0 Å². The van der Waals surface area contributed by atoms with E-state index in [-0.39, 0.29) is 12.4 Å². The maximum atomic E-state index is 5.99. The van der Waals surface area contributed by atoms with Crippen molar-refractivity contribution in [3.8, 4) is 11.1 Å². The summed E-state index contributed by atoms with van der Waals surface area (Å²) in [6.07, 6.45) is 0. The molecule has 0 aromatic heterocycles.